The van der Waals surface area contributed by atoms with Crippen molar-refractivity contribution in [2.24, 2.45) is 47.2 Å². The number of amides is 1. The molecule has 0 bridgehead atoms. The summed E-state index contributed by atoms with van der Waals surface area (Å²) in [5.74, 6) is -1.09. The minimum atomic E-state index is -2.40. The van der Waals surface area contributed by atoms with Crippen LogP contribution in [0.5, 0.6) is 0 Å². The number of carbonyl (C=O) groups is 2. The van der Waals surface area contributed by atoms with Gasteiger partial charge in [0.15, 0.2) is 41.6 Å². The number of nitrogens with two attached hydrogens (primary N) is 1. The number of methoxy groups -OCH3 is 1. The van der Waals surface area contributed by atoms with E-state index in [1.165, 1.54) is 12.7 Å². The van der Waals surface area contributed by atoms with Gasteiger partial charge in [0.05, 0.1) is 43.5 Å². The van der Waals surface area contributed by atoms with E-state index in [1.807, 2.05) is 19.1 Å². The van der Waals surface area contributed by atoms with Gasteiger partial charge in [-0.2, -0.15) is 0 Å². The lowest BCUT2D eigenvalue weighted by molar-refractivity contribution is -0.150. The maximum Gasteiger partial charge on any atom is 0.404 e. The van der Waals surface area contributed by atoms with Gasteiger partial charge in [-0.1, -0.05) is 194 Å². The fourth-order valence-electron chi connectivity index (χ4n) is 9.08. The van der Waals surface area contributed by atoms with Crippen LogP contribution in [0.25, 0.3) is 0 Å². The molecule has 0 aromatic heterocycles. The van der Waals surface area contributed by atoms with Crippen molar-refractivity contribution in [1.29, 1.82) is 0 Å². The van der Waals surface area contributed by atoms with Crippen molar-refractivity contribution in [3.8, 4) is 0 Å². The standard InChI is InChI=1S/C64H129NO9Si5/c1-36-37-38-45(3)55(69-59(65)67)50(8)56(73-78(32,33)63(19,20)21)48(6)42-44(2)41-47(5)54(72-77(30,31)62(16,17)18)46(4)39-40-52(70-75(26,27)60(10,11)12)43-53(71-76(28,29)61(13,14)15)49(7)57(51(9)58(66)68-25)74-79(34,35)64(22,23)24/h36-41,45-57H,1,42-43H2,2-35H3,(H2,65,67)/b38-37-,40-39-,44-41-/t45-,46-,47-,48-,49-,50+,51+,52-,53-,54-,55-,56+,57-/m0/s1. The third-order valence-corrected chi connectivity index (χ3v) is 42.1. The summed E-state index contributed by atoms with van der Waals surface area (Å²) < 4.78 is 48.8. The molecule has 464 valence electrons. The molecule has 0 saturated heterocycles. The van der Waals surface area contributed by atoms with E-state index in [4.69, 9.17) is 37.3 Å². The summed E-state index contributed by atoms with van der Waals surface area (Å²) in [7, 11) is -10.3. The number of hydrogen-bond donors (Lipinski definition) is 1. The lowest BCUT2D eigenvalue weighted by Crippen LogP contribution is -2.54. The minimum absolute atomic E-state index is 0.00816. The van der Waals surface area contributed by atoms with E-state index >= 15 is 0 Å². The van der Waals surface area contributed by atoms with Crippen molar-refractivity contribution < 1.29 is 41.2 Å². The minimum Gasteiger partial charge on any atom is -0.469 e. The fraction of sp³-hybridized carbons (Fsp3) is 0.844. The Morgan fingerprint density at radius 3 is 1.28 bits per heavy atom. The van der Waals surface area contributed by atoms with Crippen LogP contribution < -0.4 is 5.73 Å². The molecule has 0 aliphatic carbocycles. The van der Waals surface area contributed by atoms with Gasteiger partial charge in [-0.3, -0.25) is 4.79 Å². The van der Waals surface area contributed by atoms with Gasteiger partial charge in [-0.15, -0.1) is 0 Å². The molecule has 0 saturated carbocycles. The molecule has 0 spiro atoms. The second-order valence-electron chi connectivity index (χ2n) is 31.8. The zero-order valence-electron chi connectivity index (χ0n) is 57.8. The van der Waals surface area contributed by atoms with E-state index in [1.54, 1.807) is 6.08 Å². The van der Waals surface area contributed by atoms with Crippen molar-refractivity contribution in [3.63, 3.8) is 0 Å². The van der Waals surface area contributed by atoms with Crippen LogP contribution in [-0.2, 0) is 36.4 Å². The van der Waals surface area contributed by atoms with Crippen LogP contribution in [0.15, 0.2) is 48.6 Å². The van der Waals surface area contributed by atoms with Gasteiger partial charge >= 0.3 is 12.1 Å². The average molecular weight is 1200 g/mol. The van der Waals surface area contributed by atoms with Gasteiger partial charge < -0.3 is 37.3 Å². The Labute approximate surface area is 494 Å². The van der Waals surface area contributed by atoms with Crippen molar-refractivity contribution >= 4 is 53.6 Å². The first kappa shape index (κ1) is 77.6. The van der Waals surface area contributed by atoms with E-state index in [0.717, 1.165) is 6.42 Å². The Kier molecular flexibility index (Phi) is 29.1. The number of rotatable bonds is 30. The SMILES string of the molecule is C=C/C=C\[C@H](C)[C@H](OC(N)=O)[C@@H](C)[C@H](O[Si](C)(C)C(C)(C)C)[C@@H](C)C/C(C)=C\[C@H](C)[C@@H](O[Si](C)(C)C(C)(C)C)[C@@H](C)/C=C\[C@@H](C[C@H](O[Si](C)(C)C(C)(C)C)[C@H](C)[C@H](O[Si](C)(C)C(C)(C)C)[C@@H](C)C(=O)OC)O[Si](C)(C)C(C)(C)C. The van der Waals surface area contributed by atoms with Crippen LogP contribution in [0.1, 0.15) is 172 Å². The number of esters is 1. The largest absolute Gasteiger partial charge is 0.469 e. The molecule has 1 amide bonds. The molecular formula is C64H129NO9Si5. The monoisotopic (exact) mass is 1200 g/mol. The Balaban J connectivity index is 8.15. The van der Waals surface area contributed by atoms with E-state index < -0.39 is 65.8 Å². The second-order valence-corrected chi connectivity index (χ2v) is 55.6. The maximum absolute atomic E-state index is 13.6. The Bertz CT molecular complexity index is 2000. The molecule has 0 aliphatic rings. The predicted molar refractivity (Wildman–Crippen MR) is 352 cm³/mol. The average Bonchev–Trinajstić information content (AvgIpc) is 3.25. The zero-order chi connectivity index (χ0) is 62.8. The van der Waals surface area contributed by atoms with Gasteiger partial charge in [-0.25, -0.2) is 4.79 Å². The topological polar surface area (TPSA) is 125 Å². The third-order valence-electron chi connectivity index (χ3n) is 19.6. The molecule has 2 N–H and O–H groups in total. The van der Waals surface area contributed by atoms with Crippen LogP contribution in [0.2, 0.25) is 90.7 Å². The summed E-state index contributed by atoms with van der Waals surface area (Å²) in [6.07, 6.45) is 11.5. The predicted octanol–water partition coefficient (Wildman–Crippen LogP) is 19.1. The third kappa shape index (κ3) is 23.2. The number of ether oxygens (including phenoxy) is 2. The molecule has 0 rings (SSSR count). The normalized spacial score (nSPS) is 19.6. The molecule has 79 heavy (non-hydrogen) atoms. The molecule has 15 heteroatoms. The Hall–Kier alpha value is -1.42. The molecule has 10 nitrogen and oxygen atoms in total. The van der Waals surface area contributed by atoms with Crippen LogP contribution in [-0.4, -0.2) is 97.4 Å². The molecule has 0 unspecified atom stereocenters. The number of hydrogen-bond acceptors (Lipinski definition) is 9. The van der Waals surface area contributed by atoms with Crippen molar-refractivity contribution in [2.75, 3.05) is 7.11 Å². The fourth-order valence-corrected chi connectivity index (χ4v) is 16.2. The van der Waals surface area contributed by atoms with E-state index in [2.05, 4.69) is 243 Å². The zero-order valence-corrected chi connectivity index (χ0v) is 62.8. The highest BCUT2D eigenvalue weighted by Crippen LogP contribution is 2.46. The molecule has 0 aromatic carbocycles. The summed E-state index contributed by atoms with van der Waals surface area (Å²) in [5, 5.41) is -0.250. The molecule has 0 heterocycles. The summed E-state index contributed by atoms with van der Waals surface area (Å²) in [5.41, 5.74) is 7.02. The van der Waals surface area contributed by atoms with Crippen LogP contribution in [0.3, 0.4) is 0 Å². The van der Waals surface area contributed by atoms with Crippen molar-refractivity contribution in [2.45, 2.75) is 299 Å². The van der Waals surface area contributed by atoms with Crippen LogP contribution >= 0.6 is 0 Å². The van der Waals surface area contributed by atoms with Crippen LogP contribution in [0.4, 0.5) is 4.79 Å². The van der Waals surface area contributed by atoms with Gasteiger partial charge in [0.25, 0.3) is 0 Å². The summed E-state index contributed by atoms with van der Waals surface area (Å²) in [4.78, 5) is 26.1. The lowest BCUT2D eigenvalue weighted by Gasteiger charge is -2.47. The quantitative estimate of drug-likeness (QED) is 0.0324. The van der Waals surface area contributed by atoms with Gasteiger partial charge in [0, 0.05) is 24.2 Å². The maximum atomic E-state index is 13.6. The second kappa shape index (κ2) is 29.6. The molecule has 0 radical (unpaired) electrons. The van der Waals surface area contributed by atoms with Crippen LogP contribution in [0, 0.1) is 41.4 Å². The van der Waals surface area contributed by atoms with Crippen molar-refractivity contribution in [1.82, 2.24) is 0 Å². The first-order valence-corrected chi connectivity index (χ1v) is 44.7. The first-order valence-electron chi connectivity index (χ1n) is 30.1. The highest BCUT2D eigenvalue weighted by Gasteiger charge is 2.49. The highest BCUT2D eigenvalue weighted by molar-refractivity contribution is 6.75. The highest BCUT2D eigenvalue weighted by atomic mass is 28.4. The number of carbonyl (C=O) groups excluding carboxylic acids is 2. The number of allylic oxidation sites excluding steroid dienone is 3. The lowest BCUT2D eigenvalue weighted by atomic mass is 9.81. The molecule has 0 aliphatic heterocycles. The first-order chi connectivity index (χ1) is 35.1. The summed E-state index contributed by atoms with van der Waals surface area (Å²) in [6, 6.07) is 0. The number of primary amides is 1. The molecule has 0 aromatic rings. The molecule has 0 fully saturated rings. The van der Waals surface area contributed by atoms with Gasteiger partial charge in [0.1, 0.15) is 6.10 Å². The van der Waals surface area contributed by atoms with Gasteiger partial charge in [0.2, 0.25) is 0 Å². The van der Waals surface area contributed by atoms with Gasteiger partial charge in [-0.05, 0) is 129 Å². The Morgan fingerprint density at radius 1 is 0.506 bits per heavy atom. The Morgan fingerprint density at radius 2 is 0.886 bits per heavy atom. The summed E-state index contributed by atoms with van der Waals surface area (Å²) in [6.45, 7) is 78.8. The molecule has 13 atom stereocenters. The smallest absolute Gasteiger partial charge is 0.404 e. The van der Waals surface area contributed by atoms with Crippen molar-refractivity contribution in [3.05, 3.63) is 48.6 Å². The van der Waals surface area contributed by atoms with E-state index in [0.29, 0.717) is 6.42 Å². The van der Waals surface area contributed by atoms with E-state index in [-0.39, 0.29) is 91.1 Å². The van der Waals surface area contributed by atoms with E-state index in [9.17, 15) is 9.59 Å². The molecular weight excluding hydrogens is 1070 g/mol. The summed E-state index contributed by atoms with van der Waals surface area (Å²) >= 11 is 0.